The van der Waals surface area contributed by atoms with Crippen LogP contribution in [0.3, 0.4) is 0 Å². The second-order valence-electron chi connectivity index (χ2n) is 3.62. The van der Waals surface area contributed by atoms with E-state index in [9.17, 15) is 12.8 Å². The molecule has 0 amide bonds. The van der Waals surface area contributed by atoms with Crippen LogP contribution in [0.2, 0.25) is 0 Å². The highest BCUT2D eigenvalue weighted by Crippen LogP contribution is 2.20. The molecule has 0 bridgehead atoms. The molecule has 0 spiro atoms. The van der Waals surface area contributed by atoms with Crippen molar-refractivity contribution in [3.8, 4) is 0 Å². The largest absolute Gasteiger partial charge is 0.315 e. The molecule has 5 heteroatoms. The number of halogens is 1. The second kappa shape index (κ2) is 3.90. The zero-order valence-electron chi connectivity index (χ0n) is 8.11. The fourth-order valence-electron chi connectivity index (χ4n) is 1.73. The van der Waals surface area contributed by atoms with Crippen LogP contribution in [0.1, 0.15) is 6.42 Å². The maximum atomic E-state index is 12.9. The second-order valence-corrected chi connectivity index (χ2v) is 5.85. The fourth-order valence-corrected chi connectivity index (χ4v) is 3.42. The molecule has 1 aliphatic heterocycles. The minimum Gasteiger partial charge on any atom is -0.315 e. The van der Waals surface area contributed by atoms with Crippen molar-refractivity contribution in [2.24, 2.45) is 0 Å². The molecule has 1 aromatic rings. The van der Waals surface area contributed by atoms with E-state index in [1.807, 2.05) is 0 Å². The SMILES string of the molecule is O=S(=O)(c1cccc(F)c1)C1CCNC1. The molecule has 1 saturated heterocycles. The lowest BCUT2D eigenvalue weighted by Crippen LogP contribution is -2.24. The molecule has 15 heavy (non-hydrogen) atoms. The van der Waals surface area contributed by atoms with E-state index >= 15 is 0 Å². The predicted octanol–water partition coefficient (Wildman–Crippen LogP) is 0.961. The van der Waals surface area contributed by atoms with E-state index in [0.717, 1.165) is 6.07 Å². The lowest BCUT2D eigenvalue weighted by atomic mass is 10.3. The van der Waals surface area contributed by atoms with Crippen LogP contribution < -0.4 is 5.32 Å². The van der Waals surface area contributed by atoms with E-state index in [1.165, 1.54) is 18.2 Å². The monoisotopic (exact) mass is 229 g/mol. The third kappa shape index (κ3) is 2.03. The highest BCUT2D eigenvalue weighted by Gasteiger charge is 2.30. The Morgan fingerprint density at radius 3 is 2.80 bits per heavy atom. The molecule has 1 aliphatic rings. The first-order chi connectivity index (χ1) is 7.10. The van der Waals surface area contributed by atoms with Gasteiger partial charge in [0.1, 0.15) is 5.82 Å². The van der Waals surface area contributed by atoms with Crippen molar-refractivity contribution in [1.82, 2.24) is 5.32 Å². The van der Waals surface area contributed by atoms with Gasteiger partial charge in [-0.3, -0.25) is 0 Å². The van der Waals surface area contributed by atoms with Gasteiger partial charge < -0.3 is 5.32 Å². The van der Waals surface area contributed by atoms with Crippen LogP contribution in [0.15, 0.2) is 29.2 Å². The van der Waals surface area contributed by atoms with Gasteiger partial charge in [0.05, 0.1) is 10.1 Å². The van der Waals surface area contributed by atoms with Gasteiger partial charge in [0, 0.05) is 6.54 Å². The molecular weight excluding hydrogens is 217 g/mol. The van der Waals surface area contributed by atoms with E-state index in [0.29, 0.717) is 19.5 Å². The highest BCUT2D eigenvalue weighted by molar-refractivity contribution is 7.92. The lowest BCUT2D eigenvalue weighted by Gasteiger charge is -2.10. The number of benzene rings is 1. The molecule has 1 atom stereocenters. The third-order valence-corrected chi connectivity index (χ3v) is 4.77. The van der Waals surface area contributed by atoms with Gasteiger partial charge in [-0.25, -0.2) is 12.8 Å². The summed E-state index contributed by atoms with van der Waals surface area (Å²) in [5.41, 5.74) is 0. The number of nitrogens with one attached hydrogen (secondary N) is 1. The average molecular weight is 229 g/mol. The highest BCUT2D eigenvalue weighted by atomic mass is 32.2. The summed E-state index contributed by atoms with van der Waals surface area (Å²) in [5.74, 6) is -0.512. The summed E-state index contributed by atoms with van der Waals surface area (Å²) in [6.45, 7) is 1.16. The molecule has 1 N–H and O–H groups in total. The Labute approximate surface area is 88.2 Å². The Morgan fingerprint density at radius 1 is 1.40 bits per heavy atom. The van der Waals surface area contributed by atoms with Crippen molar-refractivity contribution < 1.29 is 12.8 Å². The van der Waals surface area contributed by atoms with Crippen LogP contribution in [0.4, 0.5) is 4.39 Å². The van der Waals surface area contributed by atoms with Gasteiger partial charge in [0.15, 0.2) is 9.84 Å². The number of hydrogen-bond acceptors (Lipinski definition) is 3. The molecular formula is C10H12FNO2S. The first kappa shape index (κ1) is 10.6. The molecule has 0 aliphatic carbocycles. The summed E-state index contributed by atoms with van der Waals surface area (Å²) in [4.78, 5) is 0.0798. The van der Waals surface area contributed by atoms with E-state index in [1.54, 1.807) is 0 Å². The molecule has 1 aromatic carbocycles. The Kier molecular flexibility index (Phi) is 2.75. The molecule has 3 nitrogen and oxygen atoms in total. The van der Waals surface area contributed by atoms with Crippen LogP contribution in [-0.2, 0) is 9.84 Å². The van der Waals surface area contributed by atoms with Crippen molar-refractivity contribution in [1.29, 1.82) is 0 Å². The quantitative estimate of drug-likeness (QED) is 0.821. The summed E-state index contributed by atoms with van der Waals surface area (Å²) >= 11 is 0. The molecule has 0 radical (unpaired) electrons. The Hall–Kier alpha value is -0.940. The normalized spacial score (nSPS) is 21.8. The third-order valence-electron chi connectivity index (χ3n) is 2.58. The van der Waals surface area contributed by atoms with E-state index in [2.05, 4.69) is 5.32 Å². The topological polar surface area (TPSA) is 46.2 Å². The Bertz CT molecular complexity index is 452. The van der Waals surface area contributed by atoms with Gasteiger partial charge >= 0.3 is 0 Å². The maximum absolute atomic E-state index is 12.9. The van der Waals surface area contributed by atoms with Crippen molar-refractivity contribution >= 4 is 9.84 Å². The molecule has 1 heterocycles. The van der Waals surface area contributed by atoms with Gasteiger partial charge in [-0.05, 0) is 31.2 Å². The zero-order valence-corrected chi connectivity index (χ0v) is 8.93. The van der Waals surface area contributed by atoms with E-state index in [4.69, 9.17) is 0 Å². The van der Waals surface area contributed by atoms with Gasteiger partial charge in [0.25, 0.3) is 0 Å². The van der Waals surface area contributed by atoms with Gasteiger partial charge in [0.2, 0.25) is 0 Å². The van der Waals surface area contributed by atoms with Crippen LogP contribution in [0.5, 0.6) is 0 Å². The summed E-state index contributed by atoms with van der Waals surface area (Å²) in [5, 5.41) is 2.57. The number of hydrogen-bond donors (Lipinski definition) is 1. The van der Waals surface area contributed by atoms with E-state index < -0.39 is 20.9 Å². The number of rotatable bonds is 2. The zero-order chi connectivity index (χ0) is 10.9. The van der Waals surface area contributed by atoms with Gasteiger partial charge in [-0.15, -0.1) is 0 Å². The molecule has 0 aromatic heterocycles. The predicted molar refractivity (Wildman–Crippen MR) is 54.9 cm³/mol. The number of sulfone groups is 1. The van der Waals surface area contributed by atoms with Crippen LogP contribution in [-0.4, -0.2) is 26.8 Å². The smallest absolute Gasteiger partial charge is 0.182 e. The molecule has 1 unspecified atom stereocenters. The molecule has 2 rings (SSSR count). The van der Waals surface area contributed by atoms with Crippen molar-refractivity contribution in [3.63, 3.8) is 0 Å². The Balaban J connectivity index is 2.36. The maximum Gasteiger partial charge on any atom is 0.182 e. The average Bonchev–Trinajstić information content (AvgIpc) is 2.71. The molecule has 1 fully saturated rings. The molecule has 0 saturated carbocycles. The van der Waals surface area contributed by atoms with Crippen LogP contribution in [0, 0.1) is 5.82 Å². The lowest BCUT2D eigenvalue weighted by molar-refractivity contribution is 0.579. The Morgan fingerprint density at radius 2 is 2.20 bits per heavy atom. The van der Waals surface area contributed by atoms with Crippen molar-refractivity contribution in [3.05, 3.63) is 30.1 Å². The van der Waals surface area contributed by atoms with E-state index in [-0.39, 0.29) is 4.90 Å². The summed E-state index contributed by atoms with van der Waals surface area (Å²) < 4.78 is 36.9. The first-order valence-corrected chi connectivity index (χ1v) is 6.35. The summed E-state index contributed by atoms with van der Waals surface area (Å²) in [6.07, 6.45) is 0.596. The van der Waals surface area contributed by atoms with Gasteiger partial charge in [-0.1, -0.05) is 6.07 Å². The minimum absolute atomic E-state index is 0.0798. The van der Waals surface area contributed by atoms with Crippen molar-refractivity contribution in [2.45, 2.75) is 16.6 Å². The van der Waals surface area contributed by atoms with Crippen molar-refractivity contribution in [2.75, 3.05) is 13.1 Å². The minimum atomic E-state index is -3.36. The standard InChI is InChI=1S/C10H12FNO2S/c11-8-2-1-3-9(6-8)15(13,14)10-4-5-12-7-10/h1-3,6,10,12H,4-5,7H2. The summed E-state index contributed by atoms with van der Waals surface area (Å²) in [6, 6.07) is 5.18. The first-order valence-electron chi connectivity index (χ1n) is 4.81. The van der Waals surface area contributed by atoms with Crippen LogP contribution >= 0.6 is 0 Å². The molecule has 82 valence electrons. The van der Waals surface area contributed by atoms with Crippen LogP contribution in [0.25, 0.3) is 0 Å². The summed E-state index contributed by atoms with van der Waals surface area (Å²) in [7, 11) is -3.36. The van der Waals surface area contributed by atoms with Gasteiger partial charge in [-0.2, -0.15) is 0 Å². The fraction of sp³-hybridized carbons (Fsp3) is 0.400.